The van der Waals surface area contributed by atoms with Gasteiger partial charge >= 0.3 is 0 Å². The Morgan fingerprint density at radius 1 is 0.850 bits per heavy atom. The largest absolute Gasteiger partial charge is 0.381 e. The van der Waals surface area contributed by atoms with Crippen LogP contribution in [0.4, 0.5) is 0 Å². The first kappa shape index (κ1) is 16.3. The summed E-state index contributed by atoms with van der Waals surface area (Å²) in [5.41, 5.74) is 0. The molecular weight excluding hydrogens is 252 g/mol. The van der Waals surface area contributed by atoms with Crippen molar-refractivity contribution < 1.29 is 14.2 Å². The van der Waals surface area contributed by atoms with Gasteiger partial charge in [0.05, 0.1) is 12.7 Å². The topological polar surface area (TPSA) is 27.7 Å². The van der Waals surface area contributed by atoms with Crippen molar-refractivity contribution in [3.8, 4) is 0 Å². The predicted octanol–water partition coefficient (Wildman–Crippen LogP) is 4.30. The molecule has 1 saturated heterocycles. The predicted molar refractivity (Wildman–Crippen MR) is 80.8 cm³/mol. The first-order valence-corrected chi connectivity index (χ1v) is 8.52. The number of methoxy groups -OCH3 is 2. The van der Waals surface area contributed by atoms with Gasteiger partial charge in [-0.05, 0) is 38.5 Å². The second kappa shape index (κ2) is 8.35. The monoisotopic (exact) mass is 284 g/mol. The zero-order chi connectivity index (χ0) is 14.3. The fourth-order valence-electron chi connectivity index (χ4n) is 3.94. The maximum Gasteiger partial charge on any atom is 0.170 e. The first-order valence-electron chi connectivity index (χ1n) is 8.52. The summed E-state index contributed by atoms with van der Waals surface area (Å²) in [4.78, 5) is 0. The van der Waals surface area contributed by atoms with Gasteiger partial charge in [0, 0.05) is 26.6 Å². The smallest absolute Gasteiger partial charge is 0.170 e. The summed E-state index contributed by atoms with van der Waals surface area (Å²) in [6.45, 7) is 0.810. The van der Waals surface area contributed by atoms with E-state index in [1.807, 2.05) is 14.2 Å². The summed E-state index contributed by atoms with van der Waals surface area (Å²) >= 11 is 0. The maximum absolute atomic E-state index is 6.27. The highest BCUT2D eigenvalue weighted by Gasteiger charge is 2.41. The standard InChI is InChI=1S/C17H32O3/c1-18-16-11-5-3-4-9-15-10-6-7-13-17(15,19-2)20-14-8-12-16/h15-16H,3-14H2,1-2H3. The minimum absolute atomic E-state index is 0.292. The lowest BCUT2D eigenvalue weighted by Gasteiger charge is -2.43. The summed E-state index contributed by atoms with van der Waals surface area (Å²) < 4.78 is 17.7. The Kier molecular flexibility index (Phi) is 6.79. The van der Waals surface area contributed by atoms with Crippen molar-refractivity contribution in [2.45, 2.75) is 82.5 Å². The third-order valence-corrected chi connectivity index (χ3v) is 5.22. The quantitative estimate of drug-likeness (QED) is 0.757. The van der Waals surface area contributed by atoms with Gasteiger partial charge in [-0.3, -0.25) is 0 Å². The van der Waals surface area contributed by atoms with Gasteiger partial charge in [0.2, 0.25) is 0 Å². The molecule has 118 valence electrons. The Morgan fingerprint density at radius 3 is 2.30 bits per heavy atom. The van der Waals surface area contributed by atoms with Crippen molar-refractivity contribution in [1.29, 1.82) is 0 Å². The number of hydrogen-bond donors (Lipinski definition) is 0. The van der Waals surface area contributed by atoms with Crippen LogP contribution in [0.2, 0.25) is 0 Å². The molecule has 0 aromatic heterocycles. The van der Waals surface area contributed by atoms with E-state index in [1.165, 1.54) is 51.4 Å². The van der Waals surface area contributed by atoms with E-state index >= 15 is 0 Å². The molecule has 2 fully saturated rings. The Morgan fingerprint density at radius 2 is 1.55 bits per heavy atom. The Balaban J connectivity index is 1.96. The van der Waals surface area contributed by atoms with Crippen molar-refractivity contribution in [2.24, 2.45) is 5.92 Å². The van der Waals surface area contributed by atoms with Gasteiger partial charge < -0.3 is 14.2 Å². The Labute approximate surface area is 124 Å². The van der Waals surface area contributed by atoms with Gasteiger partial charge in [0.25, 0.3) is 0 Å². The molecule has 0 amide bonds. The molecule has 1 aliphatic carbocycles. The molecule has 3 nitrogen and oxygen atoms in total. The number of fused-ring (bicyclic) bond motifs is 1. The van der Waals surface area contributed by atoms with Gasteiger partial charge in [0.1, 0.15) is 0 Å². The number of ether oxygens (including phenoxy) is 3. The third-order valence-electron chi connectivity index (χ3n) is 5.22. The highest BCUT2D eigenvalue weighted by atomic mass is 16.7. The van der Waals surface area contributed by atoms with Gasteiger partial charge in [-0.15, -0.1) is 0 Å². The van der Waals surface area contributed by atoms with E-state index in [9.17, 15) is 0 Å². The van der Waals surface area contributed by atoms with Crippen molar-refractivity contribution in [1.82, 2.24) is 0 Å². The molecule has 0 bridgehead atoms. The molecule has 0 aromatic carbocycles. The first-order chi connectivity index (χ1) is 9.80. The van der Waals surface area contributed by atoms with E-state index in [4.69, 9.17) is 14.2 Å². The molecule has 3 atom stereocenters. The normalized spacial score (nSPS) is 37.5. The van der Waals surface area contributed by atoms with E-state index in [0.29, 0.717) is 12.0 Å². The van der Waals surface area contributed by atoms with Crippen LogP contribution in [0.1, 0.15) is 70.6 Å². The van der Waals surface area contributed by atoms with Crippen LogP contribution in [0.5, 0.6) is 0 Å². The summed E-state index contributed by atoms with van der Waals surface area (Å²) in [5, 5.41) is 0. The molecule has 3 unspecified atom stereocenters. The van der Waals surface area contributed by atoms with Crippen LogP contribution in [0.15, 0.2) is 0 Å². The summed E-state index contributed by atoms with van der Waals surface area (Å²) in [6, 6.07) is 0. The Hall–Kier alpha value is -0.120. The van der Waals surface area contributed by atoms with E-state index in [2.05, 4.69) is 0 Å². The molecule has 0 spiro atoms. The van der Waals surface area contributed by atoms with Crippen LogP contribution in [-0.2, 0) is 14.2 Å². The lowest BCUT2D eigenvalue weighted by Crippen LogP contribution is -2.45. The van der Waals surface area contributed by atoms with Gasteiger partial charge in [-0.25, -0.2) is 0 Å². The van der Waals surface area contributed by atoms with Crippen LogP contribution >= 0.6 is 0 Å². The van der Waals surface area contributed by atoms with Crippen LogP contribution in [0, 0.1) is 5.92 Å². The van der Waals surface area contributed by atoms with E-state index in [-0.39, 0.29) is 5.79 Å². The van der Waals surface area contributed by atoms with Crippen LogP contribution in [0.3, 0.4) is 0 Å². The summed E-state index contributed by atoms with van der Waals surface area (Å²) in [7, 11) is 3.67. The highest BCUT2D eigenvalue weighted by Crippen LogP contribution is 2.40. The molecule has 20 heavy (non-hydrogen) atoms. The van der Waals surface area contributed by atoms with Gasteiger partial charge in [0.15, 0.2) is 5.79 Å². The van der Waals surface area contributed by atoms with Gasteiger partial charge in [-0.2, -0.15) is 0 Å². The van der Waals surface area contributed by atoms with Crippen LogP contribution in [-0.4, -0.2) is 32.7 Å². The summed E-state index contributed by atoms with van der Waals surface area (Å²) in [6.07, 6.45) is 13.9. The third kappa shape index (κ3) is 4.19. The molecule has 0 aromatic rings. The maximum atomic E-state index is 6.27. The van der Waals surface area contributed by atoms with E-state index in [0.717, 1.165) is 25.9 Å². The van der Waals surface area contributed by atoms with Crippen molar-refractivity contribution in [2.75, 3.05) is 20.8 Å². The second-order valence-electron chi connectivity index (χ2n) is 6.45. The fourth-order valence-corrected chi connectivity index (χ4v) is 3.94. The molecule has 1 aliphatic heterocycles. The molecule has 0 N–H and O–H groups in total. The van der Waals surface area contributed by atoms with Crippen LogP contribution in [0.25, 0.3) is 0 Å². The number of rotatable bonds is 2. The zero-order valence-corrected chi connectivity index (χ0v) is 13.4. The highest BCUT2D eigenvalue weighted by molar-refractivity contribution is 4.84. The minimum atomic E-state index is -0.292. The number of hydrogen-bond acceptors (Lipinski definition) is 3. The van der Waals surface area contributed by atoms with E-state index in [1.54, 1.807) is 0 Å². The van der Waals surface area contributed by atoms with Crippen molar-refractivity contribution in [3.05, 3.63) is 0 Å². The molecular formula is C17H32O3. The average molecular weight is 284 g/mol. The van der Waals surface area contributed by atoms with Crippen molar-refractivity contribution >= 4 is 0 Å². The lowest BCUT2D eigenvalue weighted by molar-refractivity contribution is -0.270. The van der Waals surface area contributed by atoms with Gasteiger partial charge in [-0.1, -0.05) is 25.7 Å². The average Bonchev–Trinajstić information content (AvgIpc) is 2.48. The van der Waals surface area contributed by atoms with Crippen molar-refractivity contribution in [3.63, 3.8) is 0 Å². The molecule has 2 aliphatic rings. The fraction of sp³-hybridized carbons (Fsp3) is 1.00. The Bertz CT molecular complexity index is 269. The lowest BCUT2D eigenvalue weighted by atomic mass is 9.79. The summed E-state index contributed by atoms with van der Waals surface area (Å²) in [5.74, 6) is 0.305. The molecule has 1 saturated carbocycles. The second-order valence-corrected chi connectivity index (χ2v) is 6.45. The zero-order valence-electron chi connectivity index (χ0n) is 13.4. The molecule has 0 radical (unpaired) electrons. The molecule has 3 heteroatoms. The SMILES string of the molecule is COC1CCCCCC2CCCCC2(OC)OCCC1. The van der Waals surface area contributed by atoms with Crippen LogP contribution < -0.4 is 0 Å². The van der Waals surface area contributed by atoms with E-state index < -0.39 is 0 Å². The minimum Gasteiger partial charge on any atom is -0.381 e. The molecule has 2 rings (SSSR count). The molecule has 1 heterocycles.